The smallest absolute Gasteiger partial charge is 0.273 e. The average Bonchev–Trinajstić information content (AvgIpc) is 3.49. The van der Waals surface area contributed by atoms with E-state index in [1.807, 2.05) is 31.2 Å². The van der Waals surface area contributed by atoms with Crippen LogP contribution in [-0.2, 0) is 4.74 Å². The minimum Gasteiger partial charge on any atom is -0.376 e. The van der Waals surface area contributed by atoms with E-state index in [0.717, 1.165) is 40.8 Å². The van der Waals surface area contributed by atoms with E-state index in [2.05, 4.69) is 10.2 Å². The highest BCUT2D eigenvalue weighted by Gasteiger charge is 2.43. The SMILES string of the molecule is Cc1ccc(-c2n[nH]c3c2C(c2ccc([N+](=O)[O-])cc2)N(CC2CCCO2)C3=O)cc1. The quantitative estimate of drug-likeness (QED) is 0.498. The average molecular weight is 418 g/mol. The third kappa shape index (κ3) is 3.38. The van der Waals surface area contributed by atoms with Gasteiger partial charge in [-0.05, 0) is 37.5 Å². The van der Waals surface area contributed by atoms with Crippen molar-refractivity contribution in [2.45, 2.75) is 31.9 Å². The topological polar surface area (TPSA) is 101 Å². The zero-order chi connectivity index (χ0) is 21.5. The molecule has 0 radical (unpaired) electrons. The van der Waals surface area contributed by atoms with E-state index in [9.17, 15) is 14.9 Å². The summed E-state index contributed by atoms with van der Waals surface area (Å²) >= 11 is 0. The summed E-state index contributed by atoms with van der Waals surface area (Å²) in [6.07, 6.45) is 1.88. The summed E-state index contributed by atoms with van der Waals surface area (Å²) < 4.78 is 5.79. The van der Waals surface area contributed by atoms with Crippen LogP contribution in [0.3, 0.4) is 0 Å². The van der Waals surface area contributed by atoms with Gasteiger partial charge in [0.05, 0.1) is 22.8 Å². The number of amides is 1. The molecule has 0 spiro atoms. The molecule has 3 heterocycles. The van der Waals surface area contributed by atoms with Gasteiger partial charge >= 0.3 is 0 Å². The second kappa shape index (κ2) is 7.63. The summed E-state index contributed by atoms with van der Waals surface area (Å²) in [6.45, 7) is 3.19. The predicted molar refractivity (Wildman–Crippen MR) is 114 cm³/mol. The Kier molecular flexibility index (Phi) is 4.78. The van der Waals surface area contributed by atoms with Crippen molar-refractivity contribution < 1.29 is 14.5 Å². The van der Waals surface area contributed by atoms with Crippen LogP contribution in [0.2, 0.25) is 0 Å². The fourth-order valence-electron chi connectivity index (χ4n) is 4.45. The highest BCUT2D eigenvalue weighted by Crippen LogP contribution is 2.43. The fraction of sp³-hybridized carbons (Fsp3) is 0.304. The molecule has 5 rings (SSSR count). The Bertz CT molecular complexity index is 1130. The van der Waals surface area contributed by atoms with E-state index in [1.54, 1.807) is 17.0 Å². The number of hydrogen-bond acceptors (Lipinski definition) is 5. The summed E-state index contributed by atoms with van der Waals surface area (Å²) in [5.41, 5.74) is 4.88. The molecule has 2 atom stereocenters. The Balaban J connectivity index is 1.60. The maximum atomic E-state index is 13.3. The van der Waals surface area contributed by atoms with Gasteiger partial charge in [-0.15, -0.1) is 0 Å². The number of benzene rings is 2. The molecular weight excluding hydrogens is 396 g/mol. The molecule has 1 amide bonds. The lowest BCUT2D eigenvalue weighted by Gasteiger charge is -2.28. The number of nitro benzene ring substituents is 1. The van der Waals surface area contributed by atoms with Crippen molar-refractivity contribution in [3.8, 4) is 11.3 Å². The molecule has 2 aliphatic heterocycles. The van der Waals surface area contributed by atoms with Crippen LogP contribution in [0.5, 0.6) is 0 Å². The van der Waals surface area contributed by atoms with E-state index < -0.39 is 4.92 Å². The molecule has 8 heteroatoms. The zero-order valence-corrected chi connectivity index (χ0v) is 17.1. The highest BCUT2D eigenvalue weighted by atomic mass is 16.6. The number of hydrogen-bond donors (Lipinski definition) is 1. The third-order valence-corrected chi connectivity index (χ3v) is 6.03. The number of rotatable bonds is 5. The fourth-order valence-corrected chi connectivity index (χ4v) is 4.45. The minimum absolute atomic E-state index is 0.00992. The number of nitrogens with one attached hydrogen (secondary N) is 1. The van der Waals surface area contributed by atoms with Crippen molar-refractivity contribution in [1.82, 2.24) is 15.1 Å². The number of aromatic nitrogens is 2. The summed E-state index contributed by atoms with van der Waals surface area (Å²) in [5.74, 6) is -0.125. The first-order chi connectivity index (χ1) is 15.0. The molecule has 1 aromatic heterocycles. The van der Waals surface area contributed by atoms with E-state index in [-0.39, 0.29) is 23.7 Å². The van der Waals surface area contributed by atoms with Gasteiger partial charge in [0.15, 0.2) is 0 Å². The van der Waals surface area contributed by atoms with Crippen molar-refractivity contribution in [2.75, 3.05) is 13.2 Å². The Hall–Kier alpha value is -3.52. The summed E-state index contributed by atoms with van der Waals surface area (Å²) in [6, 6.07) is 14.0. The molecule has 0 saturated carbocycles. The molecule has 1 saturated heterocycles. The largest absolute Gasteiger partial charge is 0.376 e. The van der Waals surface area contributed by atoms with Gasteiger partial charge in [0, 0.05) is 36.4 Å². The summed E-state index contributed by atoms with van der Waals surface area (Å²) in [4.78, 5) is 25.8. The van der Waals surface area contributed by atoms with E-state index in [4.69, 9.17) is 4.74 Å². The van der Waals surface area contributed by atoms with E-state index in [1.165, 1.54) is 12.1 Å². The van der Waals surface area contributed by atoms with Crippen LogP contribution in [-0.4, -0.2) is 45.2 Å². The van der Waals surface area contributed by atoms with Crippen LogP contribution >= 0.6 is 0 Å². The minimum atomic E-state index is -0.422. The molecule has 1 N–H and O–H groups in total. The number of H-pyrrole nitrogens is 1. The van der Waals surface area contributed by atoms with Gasteiger partial charge in [0.2, 0.25) is 0 Å². The molecular formula is C23H22N4O4. The van der Waals surface area contributed by atoms with Crippen LogP contribution in [0.4, 0.5) is 5.69 Å². The van der Waals surface area contributed by atoms with E-state index >= 15 is 0 Å². The normalized spacial score (nSPS) is 20.3. The third-order valence-electron chi connectivity index (χ3n) is 6.03. The van der Waals surface area contributed by atoms with Gasteiger partial charge in [0.25, 0.3) is 11.6 Å². The second-order valence-corrected chi connectivity index (χ2v) is 8.07. The number of aromatic amines is 1. The van der Waals surface area contributed by atoms with E-state index in [0.29, 0.717) is 18.8 Å². The molecule has 0 bridgehead atoms. The molecule has 2 aromatic carbocycles. The van der Waals surface area contributed by atoms with Gasteiger partial charge in [-0.25, -0.2) is 0 Å². The van der Waals surface area contributed by atoms with Crippen molar-refractivity contribution >= 4 is 11.6 Å². The maximum absolute atomic E-state index is 13.3. The monoisotopic (exact) mass is 418 g/mol. The van der Waals surface area contributed by atoms with Crippen molar-refractivity contribution in [3.63, 3.8) is 0 Å². The molecule has 31 heavy (non-hydrogen) atoms. The lowest BCUT2D eigenvalue weighted by molar-refractivity contribution is -0.384. The van der Waals surface area contributed by atoms with Crippen LogP contribution in [0.1, 0.15) is 46.1 Å². The van der Waals surface area contributed by atoms with Crippen LogP contribution in [0.15, 0.2) is 48.5 Å². The Labute approximate surface area is 179 Å². The Morgan fingerprint density at radius 3 is 2.58 bits per heavy atom. The Morgan fingerprint density at radius 2 is 1.94 bits per heavy atom. The van der Waals surface area contributed by atoms with Crippen molar-refractivity contribution in [1.29, 1.82) is 0 Å². The van der Waals surface area contributed by atoms with Gasteiger partial charge in [0.1, 0.15) is 5.69 Å². The summed E-state index contributed by atoms with van der Waals surface area (Å²) in [7, 11) is 0. The number of ether oxygens (including phenoxy) is 1. The molecule has 8 nitrogen and oxygen atoms in total. The maximum Gasteiger partial charge on any atom is 0.273 e. The predicted octanol–water partition coefficient (Wildman–Crippen LogP) is 4.02. The lowest BCUT2D eigenvalue weighted by Crippen LogP contribution is -2.36. The van der Waals surface area contributed by atoms with Crippen molar-refractivity contribution in [3.05, 3.63) is 81.0 Å². The number of non-ortho nitro benzene ring substituents is 1. The number of nitro groups is 1. The van der Waals surface area contributed by atoms with Crippen molar-refractivity contribution in [2.24, 2.45) is 0 Å². The van der Waals surface area contributed by atoms with Gasteiger partial charge in [-0.2, -0.15) is 5.10 Å². The molecule has 3 aromatic rings. The van der Waals surface area contributed by atoms with Gasteiger partial charge in [-0.1, -0.05) is 29.8 Å². The number of fused-ring (bicyclic) bond motifs is 1. The second-order valence-electron chi connectivity index (χ2n) is 8.07. The lowest BCUT2D eigenvalue weighted by atomic mass is 9.95. The molecule has 1 fully saturated rings. The number of carbonyl (C=O) groups excluding carboxylic acids is 1. The highest BCUT2D eigenvalue weighted by molar-refractivity contribution is 6.00. The van der Waals surface area contributed by atoms with Crippen LogP contribution in [0, 0.1) is 17.0 Å². The number of nitrogens with zero attached hydrogens (tertiary/aromatic N) is 3. The van der Waals surface area contributed by atoms with Crippen LogP contribution < -0.4 is 0 Å². The van der Waals surface area contributed by atoms with Gasteiger partial charge in [-0.3, -0.25) is 20.0 Å². The first-order valence-corrected chi connectivity index (χ1v) is 10.3. The molecule has 0 aliphatic carbocycles. The standard InChI is InChI=1S/C23H22N4O4/c1-14-4-6-15(7-5-14)20-19-21(25-24-20)23(28)26(13-18-3-2-12-31-18)22(19)16-8-10-17(11-9-16)27(29)30/h4-11,18,22H,2-3,12-13H2,1H3,(H,24,25). The first kappa shape index (κ1) is 19.4. The molecule has 2 aliphatic rings. The number of carbonyl (C=O) groups is 1. The Morgan fingerprint density at radius 1 is 1.19 bits per heavy atom. The van der Waals surface area contributed by atoms with Gasteiger partial charge < -0.3 is 9.64 Å². The zero-order valence-electron chi connectivity index (χ0n) is 17.1. The number of aryl methyl sites for hydroxylation is 1. The van der Waals surface area contributed by atoms with Crippen LogP contribution in [0.25, 0.3) is 11.3 Å². The molecule has 2 unspecified atom stereocenters. The molecule has 158 valence electrons. The summed E-state index contributed by atoms with van der Waals surface area (Å²) in [5, 5.41) is 18.5. The first-order valence-electron chi connectivity index (χ1n) is 10.3.